The van der Waals surface area contributed by atoms with Crippen molar-refractivity contribution in [3.63, 3.8) is 0 Å². The molecule has 2 aromatic carbocycles. The van der Waals surface area contributed by atoms with Gasteiger partial charge in [0.05, 0.1) is 29.1 Å². The lowest BCUT2D eigenvalue weighted by Gasteiger charge is -2.25. The summed E-state index contributed by atoms with van der Waals surface area (Å²) in [6, 6.07) is 13.9. The highest BCUT2D eigenvalue weighted by molar-refractivity contribution is 7.20. The molecule has 0 spiro atoms. The van der Waals surface area contributed by atoms with Crippen molar-refractivity contribution in [3.8, 4) is 16.6 Å². The summed E-state index contributed by atoms with van der Waals surface area (Å²) in [7, 11) is 0. The summed E-state index contributed by atoms with van der Waals surface area (Å²) < 4.78 is 14.6. The molecule has 1 unspecified atom stereocenters. The summed E-state index contributed by atoms with van der Waals surface area (Å²) in [6.45, 7) is 7.17. The average molecular weight is 463 g/mol. The van der Waals surface area contributed by atoms with E-state index in [1.54, 1.807) is 16.0 Å². The van der Waals surface area contributed by atoms with Crippen molar-refractivity contribution >= 4 is 33.3 Å². The zero-order valence-electron chi connectivity index (χ0n) is 18.9. The highest BCUT2D eigenvalue weighted by Crippen LogP contribution is 2.43. The molecule has 1 amide bonds. The second-order valence-corrected chi connectivity index (χ2v) is 9.03. The monoisotopic (exact) mass is 462 g/mol. The van der Waals surface area contributed by atoms with Gasteiger partial charge in [0.1, 0.15) is 5.82 Å². The Labute approximate surface area is 196 Å². The van der Waals surface area contributed by atoms with Gasteiger partial charge >= 0.3 is 0 Å². The summed E-state index contributed by atoms with van der Waals surface area (Å²) in [5.41, 5.74) is 3.81. The van der Waals surface area contributed by atoms with E-state index in [1.165, 1.54) is 0 Å². The fraction of sp³-hybridized carbons (Fsp3) is 0.320. The van der Waals surface area contributed by atoms with Gasteiger partial charge < -0.3 is 14.8 Å². The van der Waals surface area contributed by atoms with Crippen LogP contribution in [0.5, 0.6) is 11.5 Å². The van der Waals surface area contributed by atoms with Crippen LogP contribution in [-0.2, 0) is 4.79 Å². The largest absolute Gasteiger partial charge is 0.490 e. The fourth-order valence-corrected chi connectivity index (χ4v) is 5.19. The topological polar surface area (TPSA) is 78.3 Å². The number of amides is 1. The SMILES string of the molecule is CCCOc1ccc(C2CC(=O)Nc3c2c(C)nn3-c2nc3ccccc3s2)cc1OCC. The number of hydrogen-bond acceptors (Lipinski definition) is 6. The van der Waals surface area contributed by atoms with Crippen molar-refractivity contribution in [2.24, 2.45) is 0 Å². The lowest BCUT2D eigenvalue weighted by Crippen LogP contribution is -2.25. The van der Waals surface area contributed by atoms with Gasteiger partial charge in [-0.2, -0.15) is 9.78 Å². The Morgan fingerprint density at radius 2 is 2.00 bits per heavy atom. The maximum Gasteiger partial charge on any atom is 0.226 e. The predicted molar refractivity (Wildman–Crippen MR) is 130 cm³/mol. The third kappa shape index (κ3) is 3.95. The van der Waals surface area contributed by atoms with Crippen LogP contribution in [0.3, 0.4) is 0 Å². The van der Waals surface area contributed by atoms with Crippen LogP contribution in [0.25, 0.3) is 15.3 Å². The van der Waals surface area contributed by atoms with Gasteiger partial charge in [0, 0.05) is 17.9 Å². The molecule has 1 aliphatic heterocycles. The van der Waals surface area contributed by atoms with Crippen LogP contribution in [0.1, 0.15) is 49.4 Å². The third-order valence-corrected chi connectivity index (χ3v) is 6.71. The van der Waals surface area contributed by atoms with Crippen LogP contribution >= 0.6 is 11.3 Å². The molecule has 5 rings (SSSR count). The maximum atomic E-state index is 12.8. The number of hydrogen-bond donors (Lipinski definition) is 1. The summed E-state index contributed by atoms with van der Waals surface area (Å²) in [4.78, 5) is 17.5. The van der Waals surface area contributed by atoms with Gasteiger partial charge in [0.15, 0.2) is 11.5 Å². The number of aromatic nitrogens is 3. The van der Waals surface area contributed by atoms with E-state index < -0.39 is 0 Å². The molecule has 0 radical (unpaired) electrons. The Morgan fingerprint density at radius 3 is 2.79 bits per heavy atom. The van der Waals surface area contributed by atoms with Crippen LogP contribution in [0, 0.1) is 6.92 Å². The first kappa shape index (κ1) is 21.5. The molecule has 4 aromatic rings. The minimum absolute atomic E-state index is 0.0426. The van der Waals surface area contributed by atoms with Gasteiger partial charge in [-0.25, -0.2) is 4.98 Å². The maximum absolute atomic E-state index is 12.8. The lowest BCUT2D eigenvalue weighted by molar-refractivity contribution is -0.116. The van der Waals surface area contributed by atoms with E-state index in [-0.39, 0.29) is 11.8 Å². The molecule has 0 saturated carbocycles. The number of aryl methyl sites for hydroxylation is 1. The number of benzene rings is 2. The van der Waals surface area contributed by atoms with Crippen molar-refractivity contribution in [1.82, 2.24) is 14.8 Å². The predicted octanol–water partition coefficient (Wildman–Crippen LogP) is 5.45. The second-order valence-electron chi connectivity index (χ2n) is 8.02. The standard InChI is InChI=1S/C25H26N4O3S/c1-4-12-32-19-11-10-16(13-20(19)31-5-2)17-14-22(30)27-24-23(17)15(3)28-29(24)25-26-18-8-6-7-9-21(18)33-25/h6-11,13,17H,4-5,12,14H2,1-3H3,(H,27,30). The summed E-state index contributed by atoms with van der Waals surface area (Å²) in [5.74, 6) is 1.95. The molecule has 0 bridgehead atoms. The Kier molecular flexibility index (Phi) is 5.76. The molecule has 2 aromatic heterocycles. The molecule has 7 nitrogen and oxygen atoms in total. The Morgan fingerprint density at radius 1 is 1.15 bits per heavy atom. The quantitative estimate of drug-likeness (QED) is 0.395. The van der Waals surface area contributed by atoms with E-state index in [2.05, 4.69) is 12.2 Å². The number of para-hydroxylation sites is 1. The van der Waals surface area contributed by atoms with E-state index in [1.807, 2.05) is 56.3 Å². The number of nitrogens with zero attached hydrogens (tertiary/aromatic N) is 3. The Bertz CT molecular complexity index is 1290. The molecule has 170 valence electrons. The van der Waals surface area contributed by atoms with Gasteiger partial charge in [-0.15, -0.1) is 0 Å². The number of ether oxygens (including phenoxy) is 2. The van der Waals surface area contributed by atoms with Crippen LogP contribution in [0.15, 0.2) is 42.5 Å². The van der Waals surface area contributed by atoms with Gasteiger partial charge in [-0.3, -0.25) is 4.79 Å². The number of carbonyl (C=O) groups is 1. The van der Waals surface area contributed by atoms with Gasteiger partial charge in [0.25, 0.3) is 0 Å². The Balaban J connectivity index is 1.58. The van der Waals surface area contributed by atoms with Crippen molar-refractivity contribution in [3.05, 3.63) is 59.3 Å². The summed E-state index contributed by atoms with van der Waals surface area (Å²) in [6.07, 6.45) is 1.27. The van der Waals surface area contributed by atoms with Crippen LogP contribution in [0.4, 0.5) is 5.82 Å². The molecule has 1 aliphatic rings. The van der Waals surface area contributed by atoms with Gasteiger partial charge in [-0.1, -0.05) is 36.5 Å². The van der Waals surface area contributed by atoms with Gasteiger partial charge in [0.2, 0.25) is 11.0 Å². The van der Waals surface area contributed by atoms with Crippen molar-refractivity contribution in [2.75, 3.05) is 18.5 Å². The molecule has 1 atom stereocenters. The summed E-state index contributed by atoms with van der Waals surface area (Å²) >= 11 is 1.55. The fourth-order valence-electron chi connectivity index (χ4n) is 4.26. The molecule has 33 heavy (non-hydrogen) atoms. The zero-order chi connectivity index (χ0) is 22.9. The first-order chi connectivity index (χ1) is 16.1. The highest BCUT2D eigenvalue weighted by Gasteiger charge is 2.33. The number of nitrogens with one attached hydrogen (secondary N) is 1. The summed E-state index contributed by atoms with van der Waals surface area (Å²) in [5, 5.41) is 8.56. The lowest BCUT2D eigenvalue weighted by atomic mass is 9.85. The molecular formula is C25H26N4O3S. The molecule has 0 aliphatic carbocycles. The van der Waals surface area contributed by atoms with E-state index in [0.29, 0.717) is 31.2 Å². The van der Waals surface area contributed by atoms with Crippen LogP contribution in [-0.4, -0.2) is 33.9 Å². The van der Waals surface area contributed by atoms with Crippen LogP contribution < -0.4 is 14.8 Å². The zero-order valence-corrected chi connectivity index (χ0v) is 19.7. The normalized spacial score (nSPS) is 15.4. The van der Waals surface area contributed by atoms with Crippen LogP contribution in [0.2, 0.25) is 0 Å². The first-order valence-electron chi connectivity index (χ1n) is 11.2. The minimum atomic E-state index is -0.128. The van der Waals surface area contributed by atoms with E-state index in [4.69, 9.17) is 19.6 Å². The highest BCUT2D eigenvalue weighted by atomic mass is 32.1. The second kappa shape index (κ2) is 8.86. The number of fused-ring (bicyclic) bond motifs is 2. The third-order valence-electron chi connectivity index (χ3n) is 5.70. The smallest absolute Gasteiger partial charge is 0.226 e. The first-order valence-corrected chi connectivity index (χ1v) is 12.1. The number of carbonyl (C=O) groups excluding carboxylic acids is 1. The van der Waals surface area contributed by atoms with Crippen molar-refractivity contribution in [1.29, 1.82) is 0 Å². The van der Waals surface area contributed by atoms with Crippen molar-refractivity contribution in [2.45, 2.75) is 39.5 Å². The van der Waals surface area contributed by atoms with E-state index in [9.17, 15) is 4.79 Å². The number of thiazole rings is 1. The minimum Gasteiger partial charge on any atom is -0.490 e. The molecule has 0 fully saturated rings. The van der Waals surface area contributed by atoms with E-state index in [0.717, 1.165) is 44.3 Å². The molecule has 3 heterocycles. The average Bonchev–Trinajstić information content (AvgIpc) is 3.39. The van der Waals surface area contributed by atoms with Gasteiger partial charge in [-0.05, 0) is 50.1 Å². The molecule has 0 saturated heterocycles. The Hall–Kier alpha value is -3.39. The molecule has 8 heteroatoms. The molecule has 1 N–H and O–H groups in total. The van der Waals surface area contributed by atoms with Crippen molar-refractivity contribution < 1.29 is 14.3 Å². The number of rotatable bonds is 7. The van der Waals surface area contributed by atoms with E-state index >= 15 is 0 Å². The molecular weight excluding hydrogens is 436 g/mol. The number of anilines is 1.